The zero-order valence-electron chi connectivity index (χ0n) is 16.5. The molecule has 30 heavy (non-hydrogen) atoms. The molecule has 0 spiro atoms. The molecule has 0 bridgehead atoms. The molecule has 1 aromatic heterocycles. The van der Waals surface area contributed by atoms with Crippen molar-refractivity contribution in [2.75, 3.05) is 19.5 Å². The molecule has 150 valence electrons. The van der Waals surface area contributed by atoms with Crippen molar-refractivity contribution in [2.24, 2.45) is 0 Å². The van der Waals surface area contributed by atoms with Crippen LogP contribution in [-0.4, -0.2) is 20.1 Å². The lowest BCUT2D eigenvalue weighted by molar-refractivity contribution is 0.102. The first-order valence-electron chi connectivity index (χ1n) is 9.26. The first kappa shape index (κ1) is 19.3. The molecule has 6 nitrogen and oxygen atoms in total. The quantitative estimate of drug-likeness (QED) is 0.523. The molecule has 1 amide bonds. The summed E-state index contributed by atoms with van der Waals surface area (Å²) in [6.45, 7) is 0. The largest absolute Gasteiger partial charge is 0.497 e. The number of hydrogen-bond donors (Lipinski definition) is 1. The monoisotopic (exact) mass is 401 g/mol. The summed E-state index contributed by atoms with van der Waals surface area (Å²) >= 11 is 0. The summed E-state index contributed by atoms with van der Waals surface area (Å²) in [4.78, 5) is 26.2. The smallest absolute Gasteiger partial charge is 0.258 e. The third-order valence-corrected chi connectivity index (χ3v) is 4.72. The van der Waals surface area contributed by atoms with Crippen LogP contribution >= 0.6 is 0 Å². The number of hydrogen-bond acceptors (Lipinski definition) is 5. The molecule has 4 rings (SSSR count). The summed E-state index contributed by atoms with van der Waals surface area (Å²) in [5, 5.41) is 3.17. The zero-order valence-corrected chi connectivity index (χ0v) is 16.5. The van der Waals surface area contributed by atoms with Crippen LogP contribution in [0.2, 0.25) is 0 Å². The molecule has 3 aromatic carbocycles. The van der Waals surface area contributed by atoms with Gasteiger partial charge in [0.1, 0.15) is 17.1 Å². The Morgan fingerprint density at radius 3 is 2.33 bits per heavy atom. The maximum absolute atomic E-state index is 13.3. The third-order valence-electron chi connectivity index (χ3n) is 4.72. The van der Waals surface area contributed by atoms with E-state index in [0.717, 1.165) is 0 Å². The summed E-state index contributed by atoms with van der Waals surface area (Å²) in [5.41, 5.74) is 1.35. The fraction of sp³-hybridized carbons (Fsp3) is 0.0833. The van der Waals surface area contributed by atoms with E-state index in [2.05, 4.69) is 5.32 Å². The minimum Gasteiger partial charge on any atom is -0.497 e. The fourth-order valence-corrected chi connectivity index (χ4v) is 3.21. The number of carbonyl (C=O) groups excluding carboxylic acids is 1. The molecular weight excluding hydrogens is 382 g/mol. The number of fused-ring (bicyclic) bond motifs is 1. The van der Waals surface area contributed by atoms with Gasteiger partial charge in [-0.1, -0.05) is 30.3 Å². The number of carbonyl (C=O) groups is 1. The van der Waals surface area contributed by atoms with Crippen molar-refractivity contribution in [3.63, 3.8) is 0 Å². The van der Waals surface area contributed by atoms with Gasteiger partial charge in [0.2, 0.25) is 11.3 Å². The number of ether oxygens (including phenoxy) is 2. The van der Waals surface area contributed by atoms with Crippen molar-refractivity contribution in [3.8, 4) is 22.6 Å². The van der Waals surface area contributed by atoms with E-state index in [1.165, 1.54) is 7.11 Å². The molecule has 0 saturated heterocycles. The molecule has 0 radical (unpaired) electrons. The summed E-state index contributed by atoms with van der Waals surface area (Å²) in [6, 6.07) is 20.7. The summed E-state index contributed by atoms with van der Waals surface area (Å²) < 4.78 is 16.4. The molecule has 0 saturated carbocycles. The van der Waals surface area contributed by atoms with Gasteiger partial charge >= 0.3 is 0 Å². The molecular formula is C24H19NO5. The topological polar surface area (TPSA) is 77.8 Å². The molecule has 6 heteroatoms. The number of methoxy groups -OCH3 is 2. The first-order valence-corrected chi connectivity index (χ1v) is 9.26. The van der Waals surface area contributed by atoms with Gasteiger partial charge in [-0.05, 0) is 48.0 Å². The molecule has 1 N–H and O–H groups in total. The van der Waals surface area contributed by atoms with Gasteiger partial charge in [-0.15, -0.1) is 0 Å². The molecule has 0 aliphatic heterocycles. The van der Waals surface area contributed by atoms with Crippen LogP contribution in [-0.2, 0) is 0 Å². The van der Waals surface area contributed by atoms with Crippen molar-refractivity contribution in [2.45, 2.75) is 0 Å². The van der Waals surface area contributed by atoms with Crippen LogP contribution in [0.4, 0.5) is 5.88 Å². The second-order valence-corrected chi connectivity index (χ2v) is 6.55. The highest BCUT2D eigenvalue weighted by Crippen LogP contribution is 2.31. The van der Waals surface area contributed by atoms with Gasteiger partial charge in [-0.2, -0.15) is 0 Å². The van der Waals surface area contributed by atoms with E-state index in [1.807, 2.05) is 0 Å². The Labute approximate surface area is 172 Å². The lowest BCUT2D eigenvalue weighted by Gasteiger charge is -2.12. The number of benzene rings is 3. The Bertz CT molecular complexity index is 1290. The van der Waals surface area contributed by atoms with Gasteiger partial charge in [-0.3, -0.25) is 14.9 Å². The van der Waals surface area contributed by atoms with Crippen LogP contribution in [0, 0.1) is 0 Å². The van der Waals surface area contributed by atoms with Crippen molar-refractivity contribution in [1.29, 1.82) is 0 Å². The van der Waals surface area contributed by atoms with Gasteiger partial charge < -0.3 is 13.9 Å². The first-order chi connectivity index (χ1) is 14.6. The van der Waals surface area contributed by atoms with E-state index in [4.69, 9.17) is 13.9 Å². The van der Waals surface area contributed by atoms with Crippen molar-refractivity contribution in [3.05, 3.63) is 88.6 Å². The van der Waals surface area contributed by atoms with E-state index in [0.29, 0.717) is 33.6 Å². The number of rotatable bonds is 5. The average molecular weight is 401 g/mol. The van der Waals surface area contributed by atoms with Crippen LogP contribution in [0.1, 0.15) is 10.4 Å². The SMILES string of the molecule is COc1cccc(C(=O)Nc2oc3ccccc3c(=O)c2-c2cccc(OC)c2)c1. The number of nitrogens with one attached hydrogen (secondary N) is 1. The standard InChI is InChI=1S/C24H19NO5/c1-28-17-9-5-7-15(13-17)21-22(26)19-11-3-4-12-20(19)30-24(21)25-23(27)16-8-6-10-18(14-16)29-2/h3-14H,1-2H3,(H,25,27). The number of anilines is 1. The molecule has 0 atom stereocenters. The Morgan fingerprint density at radius 1 is 0.867 bits per heavy atom. The van der Waals surface area contributed by atoms with E-state index < -0.39 is 5.91 Å². The number of para-hydroxylation sites is 1. The van der Waals surface area contributed by atoms with Crippen LogP contribution in [0.3, 0.4) is 0 Å². The predicted octanol–water partition coefficient (Wildman–Crippen LogP) is 4.73. The highest BCUT2D eigenvalue weighted by molar-refractivity contribution is 6.06. The van der Waals surface area contributed by atoms with Gasteiger partial charge in [0.15, 0.2) is 0 Å². The van der Waals surface area contributed by atoms with Crippen LogP contribution in [0.25, 0.3) is 22.1 Å². The maximum Gasteiger partial charge on any atom is 0.258 e. The molecule has 0 unspecified atom stereocenters. The Balaban J connectivity index is 1.87. The molecule has 0 aliphatic rings. The highest BCUT2D eigenvalue weighted by Gasteiger charge is 2.19. The van der Waals surface area contributed by atoms with E-state index in [-0.39, 0.29) is 16.9 Å². The van der Waals surface area contributed by atoms with E-state index in [9.17, 15) is 9.59 Å². The lowest BCUT2D eigenvalue weighted by Crippen LogP contribution is -2.16. The Morgan fingerprint density at radius 2 is 1.57 bits per heavy atom. The predicted molar refractivity (Wildman–Crippen MR) is 115 cm³/mol. The Hall–Kier alpha value is -4.06. The summed E-state index contributed by atoms with van der Waals surface area (Å²) in [6.07, 6.45) is 0. The summed E-state index contributed by atoms with van der Waals surface area (Å²) in [7, 11) is 3.08. The van der Waals surface area contributed by atoms with Gasteiger partial charge in [-0.25, -0.2) is 0 Å². The Kier molecular flexibility index (Phi) is 5.22. The highest BCUT2D eigenvalue weighted by atomic mass is 16.5. The normalized spacial score (nSPS) is 10.6. The molecule has 1 heterocycles. The lowest BCUT2D eigenvalue weighted by atomic mass is 10.0. The van der Waals surface area contributed by atoms with E-state index in [1.54, 1.807) is 79.9 Å². The maximum atomic E-state index is 13.3. The van der Waals surface area contributed by atoms with Crippen molar-refractivity contribution >= 4 is 22.8 Å². The minimum absolute atomic E-state index is 0.0692. The third kappa shape index (κ3) is 3.63. The summed E-state index contributed by atoms with van der Waals surface area (Å²) in [5.74, 6) is 0.789. The average Bonchev–Trinajstić information content (AvgIpc) is 2.79. The van der Waals surface area contributed by atoms with Gasteiger partial charge in [0.25, 0.3) is 5.91 Å². The van der Waals surface area contributed by atoms with Crippen molar-refractivity contribution in [1.82, 2.24) is 0 Å². The van der Waals surface area contributed by atoms with Crippen LogP contribution in [0.5, 0.6) is 11.5 Å². The van der Waals surface area contributed by atoms with E-state index >= 15 is 0 Å². The zero-order chi connectivity index (χ0) is 21.1. The second kappa shape index (κ2) is 8.13. The number of amides is 1. The van der Waals surface area contributed by atoms with Gasteiger partial charge in [0, 0.05) is 5.56 Å². The fourth-order valence-electron chi connectivity index (χ4n) is 3.21. The minimum atomic E-state index is -0.420. The second-order valence-electron chi connectivity index (χ2n) is 6.55. The molecule has 4 aromatic rings. The molecule has 0 fully saturated rings. The van der Waals surface area contributed by atoms with Crippen LogP contribution in [0.15, 0.2) is 82.0 Å². The van der Waals surface area contributed by atoms with Crippen molar-refractivity contribution < 1.29 is 18.7 Å². The molecule has 0 aliphatic carbocycles. The van der Waals surface area contributed by atoms with Gasteiger partial charge in [0.05, 0.1) is 25.2 Å². The van der Waals surface area contributed by atoms with Crippen LogP contribution < -0.4 is 20.2 Å².